The Morgan fingerprint density at radius 1 is 1.15 bits per heavy atom. The minimum absolute atomic E-state index is 0.0748. The van der Waals surface area contributed by atoms with Gasteiger partial charge in [-0.15, -0.1) is 0 Å². The van der Waals surface area contributed by atoms with Crippen LogP contribution in [-0.4, -0.2) is 58.2 Å². The zero-order valence-electron chi connectivity index (χ0n) is 14.2. The summed E-state index contributed by atoms with van der Waals surface area (Å²) in [6.45, 7) is 10.5. The zero-order chi connectivity index (χ0) is 15.4. The molecule has 1 aliphatic rings. The summed E-state index contributed by atoms with van der Waals surface area (Å²) >= 11 is 0. The first-order chi connectivity index (χ1) is 9.23. The first-order valence-corrected chi connectivity index (χ1v) is 9.63. The Kier molecular flexibility index (Phi) is 6.66. The fourth-order valence-electron chi connectivity index (χ4n) is 3.91. The summed E-state index contributed by atoms with van der Waals surface area (Å²) < 4.78 is 10.6. The van der Waals surface area contributed by atoms with Crippen LogP contribution in [0.15, 0.2) is 0 Å². The Labute approximate surface area is 127 Å². The van der Waals surface area contributed by atoms with E-state index in [1.165, 1.54) is 12.5 Å². The second kappa shape index (κ2) is 7.36. The highest BCUT2D eigenvalue weighted by Crippen LogP contribution is 2.37. The monoisotopic (exact) mass is 302 g/mol. The molecule has 0 unspecified atom stereocenters. The van der Waals surface area contributed by atoms with E-state index in [2.05, 4.69) is 32.6 Å². The Morgan fingerprint density at radius 3 is 2.10 bits per heavy atom. The Balaban J connectivity index is 2.48. The van der Waals surface area contributed by atoms with Crippen LogP contribution in [0.1, 0.15) is 47.0 Å². The molecule has 0 bridgehead atoms. The van der Waals surface area contributed by atoms with Gasteiger partial charge < -0.3 is 15.2 Å². The SMILES string of the molecule is COC(OC)[SiH2]CCCN1C(C)(C)CC(N)CC1(C)C. The number of rotatable bonds is 7. The van der Waals surface area contributed by atoms with Crippen molar-refractivity contribution < 1.29 is 9.47 Å². The second-order valence-corrected chi connectivity index (χ2v) is 9.29. The van der Waals surface area contributed by atoms with Crippen LogP contribution in [-0.2, 0) is 9.47 Å². The average molecular weight is 303 g/mol. The molecule has 1 saturated heterocycles. The number of hydrogen-bond donors (Lipinski definition) is 1. The molecule has 0 aromatic heterocycles. The number of methoxy groups -OCH3 is 2. The number of nitrogens with zero attached hydrogens (tertiary/aromatic N) is 1. The molecule has 1 heterocycles. The van der Waals surface area contributed by atoms with Gasteiger partial charge >= 0.3 is 0 Å². The second-order valence-electron chi connectivity index (χ2n) is 7.34. The minimum Gasteiger partial charge on any atom is -0.360 e. The molecule has 0 aromatic rings. The summed E-state index contributed by atoms with van der Waals surface area (Å²) in [4.78, 5) is 2.66. The summed E-state index contributed by atoms with van der Waals surface area (Å²) in [7, 11) is 3.17. The van der Waals surface area contributed by atoms with E-state index in [9.17, 15) is 0 Å². The van der Waals surface area contributed by atoms with Gasteiger partial charge in [0.05, 0.1) is 9.52 Å². The summed E-state index contributed by atoms with van der Waals surface area (Å²) in [5.74, 6) is 0.0748. The Bertz CT molecular complexity index is 276. The lowest BCUT2D eigenvalue weighted by Gasteiger charge is -2.55. The molecule has 0 aliphatic carbocycles. The van der Waals surface area contributed by atoms with E-state index >= 15 is 0 Å². The average Bonchev–Trinajstić information content (AvgIpc) is 2.30. The summed E-state index contributed by atoms with van der Waals surface area (Å²) in [5, 5.41) is 0. The van der Waals surface area contributed by atoms with Crippen LogP contribution in [0.2, 0.25) is 6.04 Å². The molecule has 0 amide bonds. The number of ether oxygens (including phenoxy) is 2. The van der Waals surface area contributed by atoms with Crippen LogP contribution in [0.25, 0.3) is 0 Å². The van der Waals surface area contributed by atoms with E-state index in [1.807, 2.05) is 0 Å². The molecule has 2 N–H and O–H groups in total. The van der Waals surface area contributed by atoms with Gasteiger partial charge in [-0.05, 0) is 53.5 Å². The van der Waals surface area contributed by atoms with Crippen molar-refractivity contribution in [2.24, 2.45) is 5.73 Å². The van der Waals surface area contributed by atoms with Crippen molar-refractivity contribution in [3.8, 4) is 0 Å². The van der Waals surface area contributed by atoms with Gasteiger partial charge in [0.15, 0.2) is 0 Å². The molecular formula is C15H34N2O2Si. The topological polar surface area (TPSA) is 47.7 Å². The molecular weight excluding hydrogens is 268 g/mol. The van der Waals surface area contributed by atoms with E-state index < -0.39 is 0 Å². The maximum absolute atomic E-state index is 6.23. The molecule has 5 heteroatoms. The van der Waals surface area contributed by atoms with Gasteiger partial charge in [-0.25, -0.2) is 0 Å². The summed E-state index contributed by atoms with van der Waals surface area (Å²) in [5.41, 5.74) is 6.62. The molecule has 4 nitrogen and oxygen atoms in total. The molecule has 120 valence electrons. The molecule has 20 heavy (non-hydrogen) atoms. The fraction of sp³-hybridized carbons (Fsp3) is 1.00. The lowest BCUT2D eigenvalue weighted by molar-refractivity contribution is -0.0450. The highest BCUT2D eigenvalue weighted by atomic mass is 28.2. The molecule has 0 saturated carbocycles. The van der Waals surface area contributed by atoms with Gasteiger partial charge in [0.1, 0.15) is 5.91 Å². The molecule has 1 aliphatic heterocycles. The van der Waals surface area contributed by atoms with E-state index in [-0.39, 0.29) is 26.5 Å². The van der Waals surface area contributed by atoms with E-state index in [0.29, 0.717) is 6.04 Å². The van der Waals surface area contributed by atoms with Crippen molar-refractivity contribution in [3.63, 3.8) is 0 Å². The van der Waals surface area contributed by atoms with Crippen molar-refractivity contribution in [2.45, 2.75) is 76.0 Å². The first kappa shape index (κ1) is 18.1. The maximum atomic E-state index is 6.23. The van der Waals surface area contributed by atoms with E-state index in [1.54, 1.807) is 14.2 Å². The standard InChI is InChI=1S/C15H34N2O2Si/c1-14(2)10-12(16)11-15(3,4)17(14)8-7-9-20-13(18-5)19-6/h12-13H,7-11,16,20H2,1-6H3. The van der Waals surface area contributed by atoms with Gasteiger partial charge in [-0.2, -0.15) is 0 Å². The number of likely N-dealkylation sites (tertiary alicyclic amines) is 1. The summed E-state index contributed by atoms with van der Waals surface area (Å²) in [6, 6.07) is 1.60. The lowest BCUT2D eigenvalue weighted by Crippen LogP contribution is -2.63. The highest BCUT2D eigenvalue weighted by Gasteiger charge is 2.43. The van der Waals surface area contributed by atoms with Crippen LogP contribution in [0, 0.1) is 0 Å². The summed E-state index contributed by atoms with van der Waals surface area (Å²) in [6.07, 6.45) is 3.41. The van der Waals surface area contributed by atoms with Crippen molar-refractivity contribution in [1.29, 1.82) is 0 Å². The molecule has 0 radical (unpaired) electrons. The van der Waals surface area contributed by atoms with Crippen molar-refractivity contribution >= 4 is 9.52 Å². The van der Waals surface area contributed by atoms with E-state index in [4.69, 9.17) is 15.2 Å². The number of nitrogens with two attached hydrogens (primary N) is 1. The van der Waals surface area contributed by atoms with Crippen molar-refractivity contribution in [3.05, 3.63) is 0 Å². The molecule has 1 fully saturated rings. The highest BCUT2D eigenvalue weighted by molar-refractivity contribution is 6.36. The Morgan fingerprint density at radius 2 is 1.65 bits per heavy atom. The minimum atomic E-state index is -0.300. The molecule has 1 rings (SSSR count). The van der Waals surface area contributed by atoms with Crippen LogP contribution in [0.4, 0.5) is 0 Å². The normalized spacial score (nSPS) is 24.0. The van der Waals surface area contributed by atoms with Crippen molar-refractivity contribution in [2.75, 3.05) is 20.8 Å². The third kappa shape index (κ3) is 4.81. The van der Waals surface area contributed by atoms with Crippen LogP contribution in [0.5, 0.6) is 0 Å². The predicted octanol–water partition coefficient (Wildman–Crippen LogP) is 1.52. The van der Waals surface area contributed by atoms with Gasteiger partial charge in [0, 0.05) is 31.3 Å². The van der Waals surface area contributed by atoms with Gasteiger partial charge in [-0.1, -0.05) is 6.04 Å². The lowest BCUT2D eigenvalue weighted by atomic mass is 9.77. The quantitative estimate of drug-likeness (QED) is 0.440. The van der Waals surface area contributed by atoms with E-state index in [0.717, 1.165) is 19.4 Å². The number of hydrogen-bond acceptors (Lipinski definition) is 4. The molecule has 0 atom stereocenters. The predicted molar refractivity (Wildman–Crippen MR) is 87.8 cm³/mol. The number of piperidine rings is 1. The fourth-order valence-corrected chi connectivity index (χ4v) is 5.23. The van der Waals surface area contributed by atoms with Gasteiger partial charge in [-0.3, -0.25) is 4.90 Å². The third-order valence-electron chi connectivity index (χ3n) is 4.58. The Hall–Kier alpha value is 0.0569. The largest absolute Gasteiger partial charge is 0.360 e. The van der Waals surface area contributed by atoms with Crippen LogP contribution >= 0.6 is 0 Å². The van der Waals surface area contributed by atoms with Crippen molar-refractivity contribution in [1.82, 2.24) is 4.90 Å². The molecule has 0 spiro atoms. The van der Waals surface area contributed by atoms with Gasteiger partial charge in [0.2, 0.25) is 0 Å². The van der Waals surface area contributed by atoms with Crippen LogP contribution < -0.4 is 5.73 Å². The first-order valence-electron chi connectivity index (χ1n) is 7.82. The maximum Gasteiger partial charge on any atom is 0.134 e. The third-order valence-corrected chi connectivity index (χ3v) is 6.63. The molecule has 0 aromatic carbocycles. The van der Waals surface area contributed by atoms with Gasteiger partial charge in [0.25, 0.3) is 0 Å². The zero-order valence-corrected chi connectivity index (χ0v) is 15.7. The van der Waals surface area contributed by atoms with Crippen LogP contribution in [0.3, 0.4) is 0 Å². The smallest absolute Gasteiger partial charge is 0.134 e.